The molecule has 3 heteroatoms. The third-order valence-electron chi connectivity index (χ3n) is 2.48. The Hall–Kier alpha value is -1.25. The largest absolute Gasteiger partial charge is 0.397 e. The zero-order valence-electron chi connectivity index (χ0n) is 7.39. The van der Waals surface area contributed by atoms with Crippen LogP contribution in [-0.2, 0) is 0 Å². The van der Waals surface area contributed by atoms with E-state index in [1.807, 2.05) is 0 Å². The molecule has 13 heavy (non-hydrogen) atoms. The summed E-state index contributed by atoms with van der Waals surface area (Å²) >= 11 is 0. The number of rotatable bonds is 2. The lowest BCUT2D eigenvalue weighted by Gasteiger charge is -2.28. The Bertz CT molecular complexity index is 308. The van der Waals surface area contributed by atoms with Gasteiger partial charge in [0.15, 0.2) is 0 Å². The molecule has 1 aliphatic carbocycles. The van der Waals surface area contributed by atoms with E-state index in [0.717, 1.165) is 18.5 Å². The summed E-state index contributed by atoms with van der Waals surface area (Å²) in [6.07, 6.45) is 3.58. The topological polar surface area (TPSA) is 38.0 Å². The van der Waals surface area contributed by atoms with Crippen molar-refractivity contribution in [3.05, 3.63) is 24.0 Å². The molecule has 0 atom stereocenters. The first kappa shape index (κ1) is 8.35. The molecule has 0 bridgehead atoms. The lowest BCUT2D eigenvalue weighted by atomic mass is 9.93. The van der Waals surface area contributed by atoms with Crippen molar-refractivity contribution < 1.29 is 4.39 Å². The number of anilines is 2. The van der Waals surface area contributed by atoms with Crippen LogP contribution in [0.1, 0.15) is 19.3 Å². The number of hydrogen-bond acceptors (Lipinski definition) is 2. The number of nitrogen functional groups attached to an aromatic ring is 1. The Balaban J connectivity index is 2.13. The van der Waals surface area contributed by atoms with Crippen molar-refractivity contribution in [2.24, 2.45) is 0 Å². The van der Waals surface area contributed by atoms with Gasteiger partial charge in [0.1, 0.15) is 5.82 Å². The summed E-state index contributed by atoms with van der Waals surface area (Å²) in [5.74, 6) is -0.240. The zero-order valence-corrected chi connectivity index (χ0v) is 7.39. The van der Waals surface area contributed by atoms with E-state index in [1.54, 1.807) is 6.07 Å². The molecule has 1 aromatic rings. The molecule has 0 saturated heterocycles. The average molecular weight is 180 g/mol. The van der Waals surface area contributed by atoms with Crippen LogP contribution in [0.5, 0.6) is 0 Å². The van der Waals surface area contributed by atoms with Crippen molar-refractivity contribution >= 4 is 11.4 Å². The Morgan fingerprint density at radius 3 is 2.77 bits per heavy atom. The standard InChI is InChI=1S/C10H13FN2/c11-7-4-5-9(12)10(6-7)13-8-2-1-3-8/h4-6,8,13H,1-3,12H2. The second-order valence-corrected chi connectivity index (χ2v) is 3.50. The molecular formula is C10H13FN2. The summed E-state index contributed by atoms with van der Waals surface area (Å²) in [4.78, 5) is 0. The van der Waals surface area contributed by atoms with Gasteiger partial charge < -0.3 is 11.1 Å². The fourth-order valence-electron chi connectivity index (χ4n) is 1.43. The predicted octanol–water partition coefficient (Wildman–Crippen LogP) is 2.37. The van der Waals surface area contributed by atoms with Gasteiger partial charge in [-0.2, -0.15) is 0 Å². The van der Waals surface area contributed by atoms with Crippen molar-refractivity contribution in [3.8, 4) is 0 Å². The highest BCUT2D eigenvalue weighted by molar-refractivity contribution is 5.66. The number of nitrogens with one attached hydrogen (secondary N) is 1. The summed E-state index contributed by atoms with van der Waals surface area (Å²) in [5.41, 5.74) is 7.03. The van der Waals surface area contributed by atoms with Crippen LogP contribution in [-0.4, -0.2) is 6.04 Å². The minimum atomic E-state index is -0.240. The molecule has 1 aromatic carbocycles. The molecule has 0 heterocycles. The predicted molar refractivity (Wildman–Crippen MR) is 52.1 cm³/mol. The lowest BCUT2D eigenvalue weighted by Crippen LogP contribution is -2.27. The molecule has 0 spiro atoms. The monoisotopic (exact) mass is 180 g/mol. The van der Waals surface area contributed by atoms with Crippen molar-refractivity contribution in [2.45, 2.75) is 25.3 Å². The Morgan fingerprint density at radius 2 is 2.15 bits per heavy atom. The maximum absolute atomic E-state index is 12.8. The van der Waals surface area contributed by atoms with Crippen molar-refractivity contribution in [1.82, 2.24) is 0 Å². The molecule has 0 aromatic heterocycles. The van der Waals surface area contributed by atoms with Crippen LogP contribution in [0.15, 0.2) is 18.2 Å². The molecule has 3 N–H and O–H groups in total. The highest BCUT2D eigenvalue weighted by Gasteiger charge is 2.17. The molecule has 0 aliphatic heterocycles. The smallest absolute Gasteiger partial charge is 0.125 e. The molecule has 1 saturated carbocycles. The molecule has 1 fully saturated rings. The summed E-state index contributed by atoms with van der Waals surface area (Å²) < 4.78 is 12.8. The second kappa shape index (κ2) is 3.24. The van der Waals surface area contributed by atoms with Crippen LogP contribution in [0.4, 0.5) is 15.8 Å². The van der Waals surface area contributed by atoms with E-state index in [4.69, 9.17) is 5.73 Å². The van der Waals surface area contributed by atoms with Crippen LogP contribution >= 0.6 is 0 Å². The van der Waals surface area contributed by atoms with Crippen LogP contribution in [0.3, 0.4) is 0 Å². The number of benzene rings is 1. The van der Waals surface area contributed by atoms with E-state index in [0.29, 0.717) is 11.7 Å². The van der Waals surface area contributed by atoms with Crippen LogP contribution < -0.4 is 11.1 Å². The van der Waals surface area contributed by atoms with E-state index in [1.165, 1.54) is 18.6 Å². The van der Waals surface area contributed by atoms with E-state index in [2.05, 4.69) is 5.32 Å². The van der Waals surface area contributed by atoms with E-state index in [9.17, 15) is 4.39 Å². The molecule has 70 valence electrons. The number of halogens is 1. The van der Waals surface area contributed by atoms with Crippen molar-refractivity contribution in [3.63, 3.8) is 0 Å². The molecule has 2 nitrogen and oxygen atoms in total. The molecule has 0 unspecified atom stereocenters. The zero-order chi connectivity index (χ0) is 9.26. The molecule has 2 rings (SSSR count). The summed E-state index contributed by atoms with van der Waals surface area (Å²) in [5, 5.41) is 3.22. The summed E-state index contributed by atoms with van der Waals surface area (Å²) in [6, 6.07) is 4.91. The molecule has 0 amide bonds. The van der Waals surface area contributed by atoms with Gasteiger partial charge in [0.25, 0.3) is 0 Å². The van der Waals surface area contributed by atoms with Crippen LogP contribution in [0.2, 0.25) is 0 Å². The normalized spacial score (nSPS) is 16.7. The summed E-state index contributed by atoms with van der Waals surface area (Å²) in [7, 11) is 0. The van der Waals surface area contributed by atoms with Gasteiger partial charge in [-0.15, -0.1) is 0 Å². The molecule has 0 radical (unpaired) electrons. The van der Waals surface area contributed by atoms with Gasteiger partial charge in [0.05, 0.1) is 11.4 Å². The Kier molecular flexibility index (Phi) is 2.08. The fourth-order valence-corrected chi connectivity index (χ4v) is 1.43. The molecule has 1 aliphatic rings. The van der Waals surface area contributed by atoms with Gasteiger partial charge in [-0.05, 0) is 37.5 Å². The minimum absolute atomic E-state index is 0.240. The fraction of sp³-hybridized carbons (Fsp3) is 0.400. The lowest BCUT2D eigenvalue weighted by molar-refractivity contribution is 0.445. The maximum atomic E-state index is 12.8. The van der Waals surface area contributed by atoms with Crippen LogP contribution in [0, 0.1) is 5.82 Å². The quantitative estimate of drug-likeness (QED) is 0.686. The first-order chi connectivity index (χ1) is 6.25. The first-order valence-electron chi connectivity index (χ1n) is 4.57. The minimum Gasteiger partial charge on any atom is -0.397 e. The highest BCUT2D eigenvalue weighted by Crippen LogP contribution is 2.26. The van der Waals surface area contributed by atoms with E-state index >= 15 is 0 Å². The number of nitrogens with two attached hydrogens (primary N) is 1. The van der Waals surface area contributed by atoms with Gasteiger partial charge in [0.2, 0.25) is 0 Å². The van der Waals surface area contributed by atoms with E-state index in [-0.39, 0.29) is 5.82 Å². The van der Waals surface area contributed by atoms with Gasteiger partial charge >= 0.3 is 0 Å². The SMILES string of the molecule is Nc1ccc(F)cc1NC1CCC1. The van der Waals surface area contributed by atoms with Gasteiger partial charge in [-0.25, -0.2) is 4.39 Å². The summed E-state index contributed by atoms with van der Waals surface area (Å²) in [6.45, 7) is 0. The van der Waals surface area contributed by atoms with Crippen LogP contribution in [0.25, 0.3) is 0 Å². The van der Waals surface area contributed by atoms with Crippen molar-refractivity contribution in [1.29, 1.82) is 0 Å². The molecular weight excluding hydrogens is 167 g/mol. The maximum Gasteiger partial charge on any atom is 0.125 e. The number of hydrogen-bond donors (Lipinski definition) is 2. The second-order valence-electron chi connectivity index (χ2n) is 3.50. The van der Waals surface area contributed by atoms with Crippen molar-refractivity contribution in [2.75, 3.05) is 11.1 Å². The Labute approximate surface area is 76.9 Å². The van der Waals surface area contributed by atoms with Gasteiger partial charge in [0, 0.05) is 6.04 Å². The first-order valence-corrected chi connectivity index (χ1v) is 4.57. The Morgan fingerprint density at radius 1 is 1.38 bits per heavy atom. The third kappa shape index (κ3) is 1.74. The highest BCUT2D eigenvalue weighted by atomic mass is 19.1. The van der Waals surface area contributed by atoms with Gasteiger partial charge in [-0.1, -0.05) is 0 Å². The van der Waals surface area contributed by atoms with Gasteiger partial charge in [-0.3, -0.25) is 0 Å². The average Bonchev–Trinajstić information content (AvgIpc) is 2.03. The third-order valence-corrected chi connectivity index (χ3v) is 2.48. The van der Waals surface area contributed by atoms with E-state index < -0.39 is 0 Å².